The summed E-state index contributed by atoms with van der Waals surface area (Å²) >= 11 is 0. The van der Waals surface area contributed by atoms with Crippen LogP contribution in [0.15, 0.2) is 0 Å². The molecular formula is C20H35F2NO3. The molecule has 0 aliphatic heterocycles. The quantitative estimate of drug-likeness (QED) is 0.647. The van der Waals surface area contributed by atoms with Gasteiger partial charge in [-0.15, -0.1) is 0 Å². The number of carbonyl (C=O) groups excluding carboxylic acids is 1. The van der Waals surface area contributed by atoms with Gasteiger partial charge in [0.2, 0.25) is 11.8 Å². The first-order valence-electron chi connectivity index (χ1n) is 10.3. The van der Waals surface area contributed by atoms with Crippen molar-refractivity contribution < 1.29 is 23.0 Å². The average molecular weight is 376 g/mol. The van der Waals surface area contributed by atoms with E-state index in [0.717, 1.165) is 6.61 Å². The highest BCUT2D eigenvalue weighted by molar-refractivity contribution is 5.75. The summed E-state index contributed by atoms with van der Waals surface area (Å²) < 4.78 is 38.5. The molecule has 0 heterocycles. The van der Waals surface area contributed by atoms with Gasteiger partial charge in [0.05, 0.1) is 24.9 Å². The van der Waals surface area contributed by atoms with E-state index in [1.54, 1.807) is 0 Å². The van der Waals surface area contributed by atoms with Gasteiger partial charge in [0.1, 0.15) is 0 Å². The monoisotopic (exact) mass is 375 g/mol. The number of hydrogen-bond acceptors (Lipinski definition) is 3. The zero-order valence-corrected chi connectivity index (χ0v) is 16.3. The van der Waals surface area contributed by atoms with Crippen LogP contribution in [0.3, 0.4) is 0 Å². The Morgan fingerprint density at radius 2 is 1.81 bits per heavy atom. The first-order valence-corrected chi connectivity index (χ1v) is 10.3. The van der Waals surface area contributed by atoms with Crippen molar-refractivity contribution in [2.45, 2.75) is 102 Å². The predicted molar refractivity (Wildman–Crippen MR) is 97.4 cm³/mol. The number of nitrogens with one attached hydrogen (secondary N) is 1. The fraction of sp³-hybridized carbons (Fsp3) is 0.950. The van der Waals surface area contributed by atoms with Crippen LogP contribution in [0.1, 0.15) is 78.1 Å². The maximum absolute atomic E-state index is 13.3. The summed E-state index contributed by atoms with van der Waals surface area (Å²) in [5.41, 5.74) is 0. The third-order valence-corrected chi connectivity index (χ3v) is 5.73. The Morgan fingerprint density at radius 3 is 2.42 bits per heavy atom. The summed E-state index contributed by atoms with van der Waals surface area (Å²) in [5, 5.41) is 2.97. The molecule has 2 atom stereocenters. The van der Waals surface area contributed by atoms with Crippen molar-refractivity contribution in [2.24, 2.45) is 5.92 Å². The lowest BCUT2D eigenvalue weighted by atomic mass is 9.90. The molecule has 2 aliphatic carbocycles. The maximum Gasteiger partial charge on any atom is 0.248 e. The van der Waals surface area contributed by atoms with Crippen LogP contribution in [-0.4, -0.2) is 43.3 Å². The van der Waals surface area contributed by atoms with Crippen LogP contribution in [0.2, 0.25) is 0 Å². The van der Waals surface area contributed by atoms with Gasteiger partial charge in [0.25, 0.3) is 0 Å². The van der Waals surface area contributed by atoms with Crippen molar-refractivity contribution in [3.8, 4) is 0 Å². The van der Waals surface area contributed by atoms with Gasteiger partial charge in [-0.25, -0.2) is 8.78 Å². The van der Waals surface area contributed by atoms with Crippen LogP contribution in [0.4, 0.5) is 8.78 Å². The van der Waals surface area contributed by atoms with E-state index in [-0.39, 0.29) is 37.0 Å². The second kappa shape index (κ2) is 10.5. The van der Waals surface area contributed by atoms with E-state index in [9.17, 15) is 13.6 Å². The fourth-order valence-electron chi connectivity index (χ4n) is 3.78. The van der Waals surface area contributed by atoms with Crippen molar-refractivity contribution in [3.05, 3.63) is 0 Å². The number of amides is 1. The van der Waals surface area contributed by atoms with E-state index < -0.39 is 5.92 Å². The second-order valence-electron chi connectivity index (χ2n) is 7.96. The molecule has 0 aromatic carbocycles. The molecule has 2 unspecified atom stereocenters. The molecule has 152 valence electrons. The summed E-state index contributed by atoms with van der Waals surface area (Å²) in [6.45, 7) is 4.80. The van der Waals surface area contributed by atoms with Gasteiger partial charge in [-0.2, -0.15) is 0 Å². The Hall–Kier alpha value is -0.750. The molecule has 0 aromatic rings. The third kappa shape index (κ3) is 7.47. The summed E-state index contributed by atoms with van der Waals surface area (Å²) in [6, 6.07) is -0.242. The van der Waals surface area contributed by atoms with Crippen LogP contribution in [0.25, 0.3) is 0 Å². The number of hydrogen-bond donors (Lipinski definition) is 1. The molecule has 1 amide bonds. The first kappa shape index (κ1) is 21.5. The Balaban J connectivity index is 1.78. The Labute approximate surface area is 156 Å². The van der Waals surface area contributed by atoms with Crippen LogP contribution < -0.4 is 5.32 Å². The average Bonchev–Trinajstić information content (AvgIpc) is 2.64. The lowest BCUT2D eigenvalue weighted by Crippen LogP contribution is -2.47. The highest BCUT2D eigenvalue weighted by Crippen LogP contribution is 2.34. The molecule has 2 aliphatic rings. The second-order valence-corrected chi connectivity index (χ2v) is 7.96. The van der Waals surface area contributed by atoms with E-state index in [1.165, 1.54) is 32.1 Å². The Kier molecular flexibility index (Phi) is 8.74. The van der Waals surface area contributed by atoms with E-state index in [2.05, 4.69) is 5.32 Å². The molecule has 6 heteroatoms. The van der Waals surface area contributed by atoms with Crippen molar-refractivity contribution >= 4 is 5.91 Å². The minimum absolute atomic E-state index is 0.0399. The van der Waals surface area contributed by atoms with E-state index >= 15 is 0 Å². The van der Waals surface area contributed by atoms with Gasteiger partial charge in [-0.05, 0) is 38.5 Å². The lowest BCUT2D eigenvalue weighted by Gasteiger charge is -2.32. The lowest BCUT2D eigenvalue weighted by molar-refractivity contribution is -0.125. The van der Waals surface area contributed by atoms with Crippen LogP contribution in [0, 0.1) is 5.92 Å². The largest absolute Gasteiger partial charge is 0.376 e. The number of carbonyl (C=O) groups is 1. The number of ether oxygens (including phenoxy) is 2. The highest BCUT2D eigenvalue weighted by Gasteiger charge is 2.35. The van der Waals surface area contributed by atoms with E-state index in [1.807, 2.05) is 13.8 Å². The van der Waals surface area contributed by atoms with Crippen molar-refractivity contribution in [1.29, 1.82) is 0 Å². The van der Waals surface area contributed by atoms with Crippen LogP contribution in [0.5, 0.6) is 0 Å². The van der Waals surface area contributed by atoms with Crippen molar-refractivity contribution in [1.82, 2.24) is 5.32 Å². The Morgan fingerprint density at radius 1 is 1.15 bits per heavy atom. The standard InChI is InChI=1S/C20H35F2NO3/c1-3-19(24)23-18(14-26-17-9-11-20(21,22)12-10-17)15(2)25-13-16-7-5-4-6-8-16/h15-18H,3-14H2,1-2H3,(H,23,24). The molecule has 0 spiro atoms. The van der Waals surface area contributed by atoms with Gasteiger partial charge in [0, 0.05) is 25.9 Å². The molecule has 2 fully saturated rings. The first-order chi connectivity index (χ1) is 12.4. The molecule has 2 rings (SSSR count). The molecule has 0 saturated heterocycles. The molecule has 2 saturated carbocycles. The van der Waals surface area contributed by atoms with Crippen LogP contribution >= 0.6 is 0 Å². The zero-order chi connectivity index (χ0) is 19.0. The van der Waals surface area contributed by atoms with Crippen molar-refractivity contribution in [2.75, 3.05) is 13.2 Å². The minimum atomic E-state index is -2.55. The molecule has 0 bridgehead atoms. The zero-order valence-electron chi connectivity index (χ0n) is 16.3. The molecular weight excluding hydrogens is 340 g/mol. The Bertz CT molecular complexity index is 417. The number of halogens is 2. The summed E-state index contributed by atoms with van der Waals surface area (Å²) in [5.74, 6) is -1.98. The van der Waals surface area contributed by atoms with Crippen molar-refractivity contribution in [3.63, 3.8) is 0 Å². The topological polar surface area (TPSA) is 47.6 Å². The van der Waals surface area contributed by atoms with Gasteiger partial charge >= 0.3 is 0 Å². The highest BCUT2D eigenvalue weighted by atomic mass is 19.3. The number of rotatable bonds is 9. The molecule has 0 aromatic heterocycles. The summed E-state index contributed by atoms with van der Waals surface area (Å²) in [4.78, 5) is 11.8. The molecule has 1 N–H and O–H groups in total. The number of alkyl halides is 2. The molecule has 26 heavy (non-hydrogen) atoms. The summed E-state index contributed by atoms with van der Waals surface area (Å²) in [7, 11) is 0. The predicted octanol–water partition coefficient (Wildman–Crippen LogP) is 4.46. The fourth-order valence-corrected chi connectivity index (χ4v) is 3.78. The molecule has 4 nitrogen and oxygen atoms in total. The van der Waals surface area contributed by atoms with Gasteiger partial charge in [0.15, 0.2) is 0 Å². The normalized spacial score (nSPS) is 24.2. The minimum Gasteiger partial charge on any atom is -0.376 e. The van der Waals surface area contributed by atoms with E-state index in [0.29, 0.717) is 31.8 Å². The SMILES string of the molecule is CCC(=O)NC(COC1CCC(F)(F)CC1)C(C)OCC1CCCCC1. The van der Waals surface area contributed by atoms with Gasteiger partial charge in [-0.1, -0.05) is 26.2 Å². The van der Waals surface area contributed by atoms with Gasteiger partial charge in [-0.3, -0.25) is 4.79 Å². The van der Waals surface area contributed by atoms with Gasteiger partial charge < -0.3 is 14.8 Å². The maximum atomic E-state index is 13.3. The third-order valence-electron chi connectivity index (χ3n) is 5.73. The van der Waals surface area contributed by atoms with E-state index in [4.69, 9.17) is 9.47 Å². The molecule has 0 radical (unpaired) electrons. The summed E-state index contributed by atoms with van der Waals surface area (Å²) in [6.07, 6.45) is 6.90. The van der Waals surface area contributed by atoms with Crippen LogP contribution in [-0.2, 0) is 14.3 Å². The smallest absolute Gasteiger partial charge is 0.248 e.